The van der Waals surface area contributed by atoms with E-state index in [1.165, 1.54) is 13.2 Å². The van der Waals surface area contributed by atoms with Gasteiger partial charge in [-0.25, -0.2) is 12.8 Å². The van der Waals surface area contributed by atoms with Gasteiger partial charge in [0.05, 0.1) is 24.3 Å². The Bertz CT molecular complexity index is 777. The molecule has 0 radical (unpaired) electrons. The van der Waals surface area contributed by atoms with Crippen LogP contribution in [-0.4, -0.2) is 29.2 Å². The Morgan fingerprint density at radius 1 is 1.13 bits per heavy atom. The molecule has 0 aliphatic heterocycles. The highest BCUT2D eigenvalue weighted by Crippen LogP contribution is 2.24. The zero-order valence-corrected chi connectivity index (χ0v) is 13.7. The molecule has 0 atom stereocenters. The van der Waals surface area contributed by atoms with Crippen LogP contribution in [0.4, 0.5) is 10.1 Å². The second-order valence-corrected chi connectivity index (χ2v) is 6.48. The molecule has 2 aromatic carbocycles. The van der Waals surface area contributed by atoms with Crippen LogP contribution in [0.2, 0.25) is 0 Å². The first-order chi connectivity index (χ1) is 11.0. The van der Waals surface area contributed by atoms with Crippen molar-refractivity contribution >= 4 is 15.7 Å². The lowest BCUT2D eigenvalue weighted by atomic mass is 10.1. The van der Waals surface area contributed by atoms with Gasteiger partial charge in [0.1, 0.15) is 0 Å². The van der Waals surface area contributed by atoms with Crippen LogP contribution in [0.5, 0.6) is 5.75 Å². The van der Waals surface area contributed by atoms with Crippen LogP contribution in [-0.2, 0) is 21.2 Å². The van der Waals surface area contributed by atoms with Crippen LogP contribution in [0.25, 0.3) is 0 Å². The van der Waals surface area contributed by atoms with Crippen molar-refractivity contribution in [2.45, 2.75) is 11.3 Å². The Kier molecular flexibility index (Phi) is 5.57. The van der Waals surface area contributed by atoms with E-state index in [-0.39, 0.29) is 10.6 Å². The molecule has 0 spiro atoms. The number of para-hydroxylation sites is 1. The fourth-order valence-electron chi connectivity index (χ4n) is 2.06. The number of hydrogen-bond donors (Lipinski definition) is 1. The van der Waals surface area contributed by atoms with Crippen molar-refractivity contribution in [3.63, 3.8) is 0 Å². The van der Waals surface area contributed by atoms with Crippen molar-refractivity contribution in [2.75, 3.05) is 25.5 Å². The second-order valence-electron chi connectivity index (χ2n) is 4.80. The summed E-state index contributed by atoms with van der Waals surface area (Å²) in [5, 5.41) is 0. The second kappa shape index (κ2) is 7.43. The molecule has 5 nitrogen and oxygen atoms in total. The fourth-order valence-corrected chi connectivity index (χ4v) is 3.18. The Labute approximate surface area is 135 Å². The van der Waals surface area contributed by atoms with E-state index in [4.69, 9.17) is 9.47 Å². The van der Waals surface area contributed by atoms with Gasteiger partial charge in [-0.1, -0.05) is 18.2 Å². The zero-order valence-electron chi connectivity index (χ0n) is 12.9. The van der Waals surface area contributed by atoms with E-state index in [0.29, 0.717) is 18.7 Å². The largest absolute Gasteiger partial charge is 0.494 e. The van der Waals surface area contributed by atoms with Crippen LogP contribution in [0.3, 0.4) is 0 Å². The van der Waals surface area contributed by atoms with Crippen molar-refractivity contribution in [3.05, 3.63) is 53.8 Å². The lowest BCUT2D eigenvalue weighted by Gasteiger charge is -2.13. The molecule has 23 heavy (non-hydrogen) atoms. The molecule has 0 saturated carbocycles. The first-order valence-electron chi connectivity index (χ1n) is 6.91. The molecule has 0 aromatic heterocycles. The van der Waals surface area contributed by atoms with E-state index in [1.54, 1.807) is 19.2 Å². The number of anilines is 1. The van der Waals surface area contributed by atoms with Crippen LogP contribution in [0.15, 0.2) is 47.4 Å². The average Bonchev–Trinajstić information content (AvgIpc) is 2.54. The number of ether oxygens (including phenoxy) is 2. The lowest BCUT2D eigenvalue weighted by Crippen LogP contribution is -2.15. The summed E-state index contributed by atoms with van der Waals surface area (Å²) in [5.74, 6) is -0.743. The number of methoxy groups -OCH3 is 2. The van der Waals surface area contributed by atoms with E-state index in [2.05, 4.69) is 4.72 Å². The number of hydrogen-bond acceptors (Lipinski definition) is 4. The number of rotatable bonds is 7. The zero-order chi connectivity index (χ0) is 16.9. The van der Waals surface area contributed by atoms with Crippen molar-refractivity contribution in [3.8, 4) is 5.75 Å². The number of sulfonamides is 1. The third-order valence-electron chi connectivity index (χ3n) is 3.27. The standard InChI is InChI=1S/C16H18FNO4S/c1-21-10-9-12-5-3-4-6-15(12)18-23(19,20)13-7-8-14(17)16(11-13)22-2/h3-8,11,18H,9-10H2,1-2H3. The molecule has 2 rings (SSSR count). The van der Waals surface area contributed by atoms with Crippen molar-refractivity contribution in [1.82, 2.24) is 0 Å². The van der Waals surface area contributed by atoms with Gasteiger partial charge in [0.15, 0.2) is 11.6 Å². The molecule has 124 valence electrons. The van der Waals surface area contributed by atoms with Gasteiger partial charge in [0.2, 0.25) is 0 Å². The normalized spacial score (nSPS) is 11.3. The van der Waals surface area contributed by atoms with Gasteiger partial charge in [0.25, 0.3) is 10.0 Å². The van der Waals surface area contributed by atoms with E-state index < -0.39 is 15.8 Å². The summed E-state index contributed by atoms with van der Waals surface area (Å²) in [5.41, 5.74) is 1.28. The molecule has 2 aromatic rings. The van der Waals surface area contributed by atoms with E-state index in [0.717, 1.165) is 17.7 Å². The topological polar surface area (TPSA) is 64.6 Å². The predicted molar refractivity (Wildman–Crippen MR) is 85.8 cm³/mol. The third kappa shape index (κ3) is 4.20. The smallest absolute Gasteiger partial charge is 0.262 e. The molecule has 0 amide bonds. The summed E-state index contributed by atoms with van der Waals surface area (Å²) in [6.07, 6.45) is 0.571. The number of benzene rings is 2. The lowest BCUT2D eigenvalue weighted by molar-refractivity contribution is 0.202. The highest BCUT2D eigenvalue weighted by molar-refractivity contribution is 7.92. The average molecular weight is 339 g/mol. The highest BCUT2D eigenvalue weighted by Gasteiger charge is 2.18. The summed E-state index contributed by atoms with van der Waals surface area (Å²) in [6.45, 7) is 0.475. The molecule has 7 heteroatoms. The molecule has 0 heterocycles. The van der Waals surface area contributed by atoms with E-state index >= 15 is 0 Å². The quantitative estimate of drug-likeness (QED) is 0.842. The van der Waals surface area contributed by atoms with E-state index in [1.807, 2.05) is 12.1 Å². The molecule has 0 unspecified atom stereocenters. The maximum atomic E-state index is 13.4. The Hall–Kier alpha value is -2.12. The maximum Gasteiger partial charge on any atom is 0.262 e. The first kappa shape index (κ1) is 17.2. The Balaban J connectivity index is 2.32. The van der Waals surface area contributed by atoms with Crippen molar-refractivity contribution in [1.29, 1.82) is 0 Å². The first-order valence-corrected chi connectivity index (χ1v) is 8.39. The summed E-state index contributed by atoms with van der Waals surface area (Å²) < 4.78 is 50.8. The highest BCUT2D eigenvalue weighted by atomic mass is 32.2. The molecule has 0 bridgehead atoms. The molecule has 0 aliphatic carbocycles. The van der Waals surface area contributed by atoms with Crippen LogP contribution in [0.1, 0.15) is 5.56 Å². The van der Waals surface area contributed by atoms with E-state index in [9.17, 15) is 12.8 Å². The van der Waals surface area contributed by atoms with Crippen molar-refractivity contribution in [2.24, 2.45) is 0 Å². The molecule has 0 fully saturated rings. The van der Waals surface area contributed by atoms with Gasteiger partial charge in [-0.15, -0.1) is 0 Å². The monoisotopic (exact) mass is 339 g/mol. The minimum absolute atomic E-state index is 0.0719. The third-order valence-corrected chi connectivity index (χ3v) is 4.63. The summed E-state index contributed by atoms with van der Waals surface area (Å²) in [4.78, 5) is -0.0719. The van der Waals surface area contributed by atoms with Gasteiger partial charge >= 0.3 is 0 Å². The van der Waals surface area contributed by atoms with Gasteiger partial charge in [-0.3, -0.25) is 4.72 Å². The van der Waals surface area contributed by atoms with Crippen LogP contribution in [0, 0.1) is 5.82 Å². The molecule has 1 N–H and O–H groups in total. The van der Waals surface area contributed by atoms with Crippen molar-refractivity contribution < 1.29 is 22.3 Å². The number of nitrogens with one attached hydrogen (secondary N) is 1. The Morgan fingerprint density at radius 2 is 1.87 bits per heavy atom. The molecular formula is C16H18FNO4S. The summed E-state index contributed by atoms with van der Waals surface area (Å²) >= 11 is 0. The van der Waals surface area contributed by atoms with Gasteiger partial charge in [-0.2, -0.15) is 0 Å². The fraction of sp³-hybridized carbons (Fsp3) is 0.250. The van der Waals surface area contributed by atoms with Gasteiger partial charge in [0, 0.05) is 13.2 Å². The predicted octanol–water partition coefficient (Wildman–Crippen LogP) is 2.82. The molecular weight excluding hydrogens is 321 g/mol. The summed E-state index contributed by atoms with van der Waals surface area (Å²) in [7, 11) is -0.987. The molecule has 0 aliphatic rings. The molecule has 0 saturated heterocycles. The Morgan fingerprint density at radius 3 is 2.57 bits per heavy atom. The van der Waals surface area contributed by atoms with Gasteiger partial charge in [-0.05, 0) is 30.2 Å². The minimum Gasteiger partial charge on any atom is -0.494 e. The van der Waals surface area contributed by atoms with Crippen LogP contribution < -0.4 is 9.46 Å². The SMILES string of the molecule is COCCc1ccccc1NS(=O)(=O)c1ccc(F)c(OC)c1. The maximum absolute atomic E-state index is 13.4. The van der Waals surface area contributed by atoms with Gasteiger partial charge < -0.3 is 9.47 Å². The van der Waals surface area contributed by atoms with Crippen LogP contribution >= 0.6 is 0 Å². The minimum atomic E-state index is -3.85. The number of halogens is 1. The summed E-state index contributed by atoms with van der Waals surface area (Å²) in [6, 6.07) is 10.5.